The van der Waals surface area contributed by atoms with Gasteiger partial charge >= 0.3 is 5.97 Å². The number of hydrogen-bond acceptors (Lipinski definition) is 3. The van der Waals surface area contributed by atoms with E-state index < -0.39 is 21.2 Å². The number of sulfonamides is 1. The van der Waals surface area contributed by atoms with Crippen molar-refractivity contribution in [2.24, 2.45) is 5.41 Å². The number of carboxylic acid groups (broad SMARTS) is 1. The molecule has 2 atom stereocenters. The molecule has 0 amide bonds. The van der Waals surface area contributed by atoms with Crippen LogP contribution in [0, 0.1) is 5.41 Å². The van der Waals surface area contributed by atoms with E-state index in [0.29, 0.717) is 0 Å². The van der Waals surface area contributed by atoms with Gasteiger partial charge in [0.25, 0.3) is 0 Å². The van der Waals surface area contributed by atoms with Crippen LogP contribution in [-0.2, 0) is 14.8 Å². The molecule has 0 spiro atoms. The first-order valence-electron chi connectivity index (χ1n) is 5.12. The van der Waals surface area contributed by atoms with Crippen molar-refractivity contribution in [3.63, 3.8) is 0 Å². The zero-order valence-electron chi connectivity index (χ0n) is 10.7. The van der Waals surface area contributed by atoms with Crippen LogP contribution in [0.25, 0.3) is 0 Å². The SMILES string of the molecule is CC(N(C)S(=O)(=O)C(C)C(=O)O)C(C)(C)C. The molecule has 0 aromatic carbocycles. The van der Waals surface area contributed by atoms with Crippen LogP contribution < -0.4 is 0 Å². The van der Waals surface area contributed by atoms with Crippen molar-refractivity contribution in [2.75, 3.05) is 7.05 Å². The van der Waals surface area contributed by atoms with E-state index in [1.807, 2.05) is 20.8 Å². The molecule has 2 unspecified atom stereocenters. The minimum atomic E-state index is -3.79. The summed E-state index contributed by atoms with van der Waals surface area (Å²) in [6.07, 6.45) is 0. The lowest BCUT2D eigenvalue weighted by Gasteiger charge is -2.35. The van der Waals surface area contributed by atoms with Gasteiger partial charge in [-0.2, -0.15) is 0 Å². The summed E-state index contributed by atoms with van der Waals surface area (Å²) in [7, 11) is -2.37. The Bertz CT molecular complexity index is 356. The van der Waals surface area contributed by atoms with Gasteiger partial charge in [0, 0.05) is 13.1 Å². The van der Waals surface area contributed by atoms with Crippen LogP contribution in [0.5, 0.6) is 0 Å². The van der Waals surface area contributed by atoms with Gasteiger partial charge in [-0.1, -0.05) is 20.8 Å². The minimum absolute atomic E-state index is 0.236. The molecule has 0 fully saturated rings. The maximum atomic E-state index is 11.9. The third kappa shape index (κ3) is 3.18. The molecule has 0 radical (unpaired) electrons. The molecular formula is C10H21NO4S. The number of carbonyl (C=O) groups is 1. The van der Waals surface area contributed by atoms with Gasteiger partial charge in [-0.05, 0) is 19.3 Å². The predicted molar refractivity (Wildman–Crippen MR) is 62.7 cm³/mol. The summed E-state index contributed by atoms with van der Waals surface area (Å²) >= 11 is 0. The van der Waals surface area contributed by atoms with Crippen molar-refractivity contribution >= 4 is 16.0 Å². The van der Waals surface area contributed by atoms with E-state index in [-0.39, 0.29) is 11.5 Å². The summed E-state index contributed by atoms with van der Waals surface area (Å²) < 4.78 is 25.0. The number of nitrogens with zero attached hydrogens (tertiary/aromatic N) is 1. The number of hydrogen-bond donors (Lipinski definition) is 1. The van der Waals surface area contributed by atoms with Crippen molar-refractivity contribution < 1.29 is 18.3 Å². The Morgan fingerprint density at radius 3 is 1.88 bits per heavy atom. The average molecular weight is 251 g/mol. The first kappa shape index (κ1) is 15.4. The maximum Gasteiger partial charge on any atom is 0.323 e. The lowest BCUT2D eigenvalue weighted by Crippen LogP contribution is -2.47. The third-order valence-electron chi connectivity index (χ3n) is 2.99. The molecule has 0 aromatic heterocycles. The molecule has 96 valence electrons. The fourth-order valence-corrected chi connectivity index (χ4v) is 2.65. The van der Waals surface area contributed by atoms with E-state index in [1.54, 1.807) is 6.92 Å². The van der Waals surface area contributed by atoms with Gasteiger partial charge in [0.1, 0.15) is 0 Å². The number of carboxylic acids is 1. The molecule has 0 aliphatic rings. The van der Waals surface area contributed by atoms with Gasteiger partial charge in [0.15, 0.2) is 5.25 Å². The van der Waals surface area contributed by atoms with Crippen molar-refractivity contribution in [2.45, 2.75) is 45.9 Å². The Kier molecular flexibility index (Phi) is 4.53. The topological polar surface area (TPSA) is 74.7 Å². The van der Waals surface area contributed by atoms with Crippen molar-refractivity contribution in [1.82, 2.24) is 4.31 Å². The van der Waals surface area contributed by atoms with E-state index in [9.17, 15) is 13.2 Å². The van der Waals surface area contributed by atoms with Gasteiger partial charge in [0.2, 0.25) is 10.0 Å². The molecule has 0 aromatic rings. The quantitative estimate of drug-likeness (QED) is 0.813. The molecule has 5 nitrogen and oxygen atoms in total. The highest BCUT2D eigenvalue weighted by molar-refractivity contribution is 7.90. The predicted octanol–water partition coefficient (Wildman–Crippen LogP) is 1.16. The first-order chi connectivity index (χ1) is 6.92. The molecular weight excluding hydrogens is 230 g/mol. The van der Waals surface area contributed by atoms with Gasteiger partial charge < -0.3 is 5.11 Å². The molecule has 16 heavy (non-hydrogen) atoms. The Labute approximate surface area is 97.5 Å². The summed E-state index contributed by atoms with van der Waals surface area (Å²) in [5, 5.41) is 7.33. The van der Waals surface area contributed by atoms with E-state index in [1.165, 1.54) is 14.0 Å². The van der Waals surface area contributed by atoms with Crippen LogP contribution in [0.1, 0.15) is 34.6 Å². The molecule has 1 N–H and O–H groups in total. The Morgan fingerprint density at radius 1 is 1.25 bits per heavy atom. The second-order valence-corrected chi connectivity index (χ2v) is 7.40. The molecule has 6 heteroatoms. The number of aliphatic carboxylic acids is 1. The summed E-state index contributed by atoms with van der Waals surface area (Å²) in [4.78, 5) is 10.7. The van der Waals surface area contributed by atoms with E-state index >= 15 is 0 Å². The zero-order valence-corrected chi connectivity index (χ0v) is 11.5. The molecule has 0 bridgehead atoms. The van der Waals surface area contributed by atoms with Crippen LogP contribution in [0.2, 0.25) is 0 Å². The highest BCUT2D eigenvalue weighted by Crippen LogP contribution is 2.26. The van der Waals surface area contributed by atoms with Crippen LogP contribution >= 0.6 is 0 Å². The molecule has 0 rings (SSSR count). The Hall–Kier alpha value is -0.620. The van der Waals surface area contributed by atoms with Gasteiger partial charge in [-0.15, -0.1) is 0 Å². The van der Waals surface area contributed by atoms with Crippen LogP contribution in [-0.4, -0.2) is 42.1 Å². The van der Waals surface area contributed by atoms with E-state index in [0.717, 1.165) is 4.31 Å². The van der Waals surface area contributed by atoms with Crippen LogP contribution in [0.4, 0.5) is 0 Å². The minimum Gasteiger partial charge on any atom is -0.480 e. The molecule has 0 aliphatic heterocycles. The Morgan fingerprint density at radius 2 is 1.62 bits per heavy atom. The normalized spacial score (nSPS) is 17.2. The largest absolute Gasteiger partial charge is 0.480 e. The molecule has 0 aliphatic carbocycles. The highest BCUT2D eigenvalue weighted by atomic mass is 32.2. The highest BCUT2D eigenvalue weighted by Gasteiger charge is 2.37. The molecule has 0 heterocycles. The number of rotatable bonds is 4. The fraction of sp³-hybridized carbons (Fsp3) is 0.900. The van der Waals surface area contributed by atoms with Gasteiger partial charge in [0.05, 0.1) is 0 Å². The summed E-state index contributed by atoms with van der Waals surface area (Å²) in [5.74, 6) is -1.33. The first-order valence-corrected chi connectivity index (χ1v) is 6.62. The van der Waals surface area contributed by atoms with Crippen LogP contribution in [0.3, 0.4) is 0 Å². The van der Waals surface area contributed by atoms with E-state index in [4.69, 9.17) is 5.11 Å². The third-order valence-corrected chi connectivity index (χ3v) is 5.21. The second kappa shape index (κ2) is 4.71. The summed E-state index contributed by atoms with van der Waals surface area (Å²) in [6, 6.07) is -0.265. The van der Waals surface area contributed by atoms with Gasteiger partial charge in [-0.25, -0.2) is 12.7 Å². The van der Waals surface area contributed by atoms with E-state index in [2.05, 4.69) is 0 Å². The molecule has 0 saturated carbocycles. The lowest BCUT2D eigenvalue weighted by molar-refractivity contribution is -0.136. The monoisotopic (exact) mass is 251 g/mol. The van der Waals surface area contributed by atoms with Crippen LogP contribution in [0.15, 0.2) is 0 Å². The zero-order chi connectivity index (χ0) is 13.3. The van der Waals surface area contributed by atoms with Crippen molar-refractivity contribution in [3.05, 3.63) is 0 Å². The fourth-order valence-electron chi connectivity index (χ4n) is 1.14. The Balaban J connectivity index is 5.14. The van der Waals surface area contributed by atoms with Crippen molar-refractivity contribution in [1.29, 1.82) is 0 Å². The van der Waals surface area contributed by atoms with Crippen molar-refractivity contribution in [3.8, 4) is 0 Å². The summed E-state index contributed by atoms with van der Waals surface area (Å²) in [5.41, 5.74) is -0.236. The smallest absolute Gasteiger partial charge is 0.323 e. The second-order valence-electron chi connectivity index (χ2n) is 5.08. The lowest BCUT2D eigenvalue weighted by atomic mass is 9.88. The van der Waals surface area contributed by atoms with Gasteiger partial charge in [-0.3, -0.25) is 4.79 Å². The molecule has 0 saturated heterocycles. The average Bonchev–Trinajstić information content (AvgIpc) is 2.12. The summed E-state index contributed by atoms with van der Waals surface area (Å²) in [6.45, 7) is 8.69. The standard InChI is InChI=1S/C10H21NO4S/c1-7(9(12)13)16(14,15)11(6)8(2)10(3,4)5/h7-8H,1-6H3,(H,12,13). The maximum absolute atomic E-state index is 11.9.